The standard InChI is InChI=1S/C29H58NO4P/c1-5-6-7-8-9-10-11-12-13-14-15-16-17-18-19-20-21-22-23-24-25-26-27-29(31,35(32,33)34)28-30(2,3)4/h6-7,12-13,31H,5,8-11,14-28H2,1-4H3,(H-,32,33,34)/p+1/b7-6-,13-12-. The Hall–Kier alpha value is -0.450. The summed E-state index contributed by atoms with van der Waals surface area (Å²) in [4.78, 5) is 19.2. The third-order valence-electron chi connectivity index (χ3n) is 6.53. The van der Waals surface area contributed by atoms with Crippen LogP contribution in [0.25, 0.3) is 0 Å². The molecule has 0 aliphatic carbocycles. The van der Waals surface area contributed by atoms with Crippen molar-refractivity contribution in [1.82, 2.24) is 0 Å². The van der Waals surface area contributed by atoms with Gasteiger partial charge in [-0.15, -0.1) is 0 Å². The molecule has 0 fully saturated rings. The van der Waals surface area contributed by atoms with Crippen LogP contribution in [0.3, 0.4) is 0 Å². The number of allylic oxidation sites excluding steroid dienone is 4. The van der Waals surface area contributed by atoms with Gasteiger partial charge in [-0.2, -0.15) is 0 Å². The molecule has 0 heterocycles. The molecule has 5 nitrogen and oxygen atoms in total. The minimum absolute atomic E-state index is 0.0609. The predicted octanol–water partition coefficient (Wildman–Crippen LogP) is 8.10. The number of nitrogens with zero attached hydrogens (tertiary/aromatic N) is 1. The number of hydrogen-bond acceptors (Lipinski definition) is 2. The molecule has 208 valence electrons. The number of hydrogen-bond donors (Lipinski definition) is 3. The van der Waals surface area contributed by atoms with Gasteiger partial charge in [0, 0.05) is 0 Å². The fraction of sp³-hybridized carbons (Fsp3) is 0.862. The van der Waals surface area contributed by atoms with E-state index in [1.165, 1.54) is 89.9 Å². The minimum atomic E-state index is -4.55. The van der Waals surface area contributed by atoms with Crippen LogP contribution in [0.2, 0.25) is 0 Å². The molecule has 0 radical (unpaired) electrons. The Morgan fingerprint density at radius 2 is 0.971 bits per heavy atom. The van der Waals surface area contributed by atoms with Gasteiger partial charge < -0.3 is 19.4 Å². The highest BCUT2D eigenvalue weighted by molar-refractivity contribution is 7.53. The summed E-state index contributed by atoms with van der Waals surface area (Å²) in [5.74, 6) is 0. The molecule has 0 aromatic heterocycles. The van der Waals surface area contributed by atoms with Crippen LogP contribution < -0.4 is 0 Å². The maximum absolute atomic E-state index is 11.8. The number of rotatable bonds is 24. The summed E-state index contributed by atoms with van der Waals surface area (Å²) in [6.45, 7) is 2.25. The molecular weight excluding hydrogens is 457 g/mol. The lowest BCUT2D eigenvalue weighted by molar-refractivity contribution is -0.875. The van der Waals surface area contributed by atoms with Gasteiger partial charge in [0.25, 0.3) is 0 Å². The molecule has 0 amide bonds. The molecule has 0 aliphatic heterocycles. The largest absolute Gasteiger partial charge is 0.373 e. The van der Waals surface area contributed by atoms with Gasteiger partial charge in [-0.05, 0) is 57.8 Å². The molecule has 0 aromatic carbocycles. The topological polar surface area (TPSA) is 77.8 Å². The molecule has 35 heavy (non-hydrogen) atoms. The SMILES string of the molecule is CC/C=C\CCCC/C=C\CCCCCCCCCCCCCCC(O)(C[N+](C)(C)C)P(=O)(O)O. The third-order valence-corrected chi connectivity index (χ3v) is 7.98. The molecular formula is C29H59NO4P+. The van der Waals surface area contributed by atoms with Gasteiger partial charge in [-0.1, -0.05) is 95.4 Å². The summed E-state index contributed by atoms with van der Waals surface area (Å²) in [5, 5.41) is 8.66. The van der Waals surface area contributed by atoms with E-state index < -0.39 is 12.9 Å². The van der Waals surface area contributed by atoms with Crippen molar-refractivity contribution in [1.29, 1.82) is 0 Å². The van der Waals surface area contributed by atoms with Crippen LogP contribution in [0.1, 0.15) is 129 Å². The smallest absolute Gasteiger partial charge is 0.362 e. The maximum atomic E-state index is 11.8. The van der Waals surface area contributed by atoms with Crippen LogP contribution in [0.15, 0.2) is 24.3 Å². The van der Waals surface area contributed by atoms with Gasteiger partial charge in [-0.25, -0.2) is 0 Å². The van der Waals surface area contributed by atoms with Crippen molar-refractivity contribution in [3.05, 3.63) is 24.3 Å². The number of quaternary nitrogens is 1. The Balaban J connectivity index is 3.52. The monoisotopic (exact) mass is 516 g/mol. The second-order valence-corrected chi connectivity index (χ2v) is 13.3. The van der Waals surface area contributed by atoms with E-state index in [0.29, 0.717) is 10.9 Å². The zero-order chi connectivity index (χ0) is 26.5. The van der Waals surface area contributed by atoms with Gasteiger partial charge in [0.05, 0.1) is 21.1 Å². The van der Waals surface area contributed by atoms with Crippen LogP contribution in [-0.4, -0.2) is 52.4 Å². The van der Waals surface area contributed by atoms with Crippen LogP contribution in [0.5, 0.6) is 0 Å². The van der Waals surface area contributed by atoms with Crippen molar-refractivity contribution in [2.24, 2.45) is 0 Å². The number of aliphatic hydroxyl groups is 1. The summed E-state index contributed by atoms with van der Waals surface area (Å²) >= 11 is 0. The van der Waals surface area contributed by atoms with E-state index in [1.807, 2.05) is 21.1 Å². The van der Waals surface area contributed by atoms with Crippen molar-refractivity contribution >= 4 is 7.60 Å². The fourth-order valence-electron chi connectivity index (χ4n) is 4.56. The number of likely N-dealkylation sites (N-methyl/N-ethyl adjacent to an activating group) is 1. The van der Waals surface area contributed by atoms with Gasteiger partial charge in [0.1, 0.15) is 6.54 Å². The van der Waals surface area contributed by atoms with Crippen LogP contribution in [-0.2, 0) is 4.57 Å². The van der Waals surface area contributed by atoms with E-state index >= 15 is 0 Å². The minimum Gasteiger partial charge on any atom is -0.373 e. The van der Waals surface area contributed by atoms with E-state index in [9.17, 15) is 19.5 Å². The van der Waals surface area contributed by atoms with Crippen molar-refractivity contribution in [3.63, 3.8) is 0 Å². The molecule has 0 spiro atoms. The second kappa shape index (κ2) is 20.6. The molecule has 6 heteroatoms. The summed E-state index contributed by atoms with van der Waals surface area (Å²) in [6.07, 6.45) is 31.3. The Kier molecular flexibility index (Phi) is 20.3. The molecule has 0 aliphatic rings. The lowest BCUT2D eigenvalue weighted by atomic mass is 10.0. The molecule has 0 saturated carbocycles. The fourth-order valence-corrected chi connectivity index (χ4v) is 5.62. The van der Waals surface area contributed by atoms with Gasteiger partial charge in [0.2, 0.25) is 5.34 Å². The Bertz CT molecular complexity index is 594. The van der Waals surface area contributed by atoms with E-state index in [-0.39, 0.29) is 13.0 Å². The van der Waals surface area contributed by atoms with Crippen molar-refractivity contribution in [2.75, 3.05) is 27.7 Å². The molecule has 0 rings (SSSR count). The first-order valence-electron chi connectivity index (χ1n) is 14.4. The highest BCUT2D eigenvalue weighted by Crippen LogP contribution is 2.52. The van der Waals surface area contributed by atoms with Gasteiger partial charge in [-0.3, -0.25) is 4.57 Å². The van der Waals surface area contributed by atoms with Crippen molar-refractivity contribution in [3.8, 4) is 0 Å². The van der Waals surface area contributed by atoms with Gasteiger partial charge in [0.15, 0.2) is 0 Å². The zero-order valence-electron chi connectivity index (χ0n) is 23.6. The first kappa shape index (κ1) is 34.6. The molecule has 1 atom stereocenters. The number of unbranched alkanes of at least 4 members (excludes halogenated alkanes) is 15. The van der Waals surface area contributed by atoms with Crippen LogP contribution in [0.4, 0.5) is 0 Å². The van der Waals surface area contributed by atoms with Crippen LogP contribution >= 0.6 is 7.60 Å². The lowest BCUT2D eigenvalue weighted by Crippen LogP contribution is -2.49. The van der Waals surface area contributed by atoms with Crippen molar-refractivity contribution in [2.45, 2.75) is 134 Å². The molecule has 0 saturated heterocycles. The van der Waals surface area contributed by atoms with Crippen molar-refractivity contribution < 1.29 is 23.9 Å². The molecule has 0 aromatic rings. The Morgan fingerprint density at radius 1 is 0.629 bits per heavy atom. The van der Waals surface area contributed by atoms with Crippen LogP contribution in [0, 0.1) is 0 Å². The summed E-state index contributed by atoms with van der Waals surface area (Å²) in [5.41, 5.74) is 0. The molecule has 3 N–H and O–H groups in total. The van der Waals surface area contributed by atoms with E-state index in [0.717, 1.165) is 19.3 Å². The molecule has 0 bridgehead atoms. The maximum Gasteiger partial charge on any atom is 0.362 e. The second-order valence-electron chi connectivity index (χ2n) is 11.4. The summed E-state index contributed by atoms with van der Waals surface area (Å²) in [6, 6.07) is 0. The zero-order valence-corrected chi connectivity index (χ0v) is 24.5. The first-order chi connectivity index (χ1) is 16.5. The Morgan fingerprint density at radius 3 is 1.34 bits per heavy atom. The first-order valence-corrected chi connectivity index (χ1v) is 16.0. The van der Waals surface area contributed by atoms with E-state index in [1.54, 1.807) is 0 Å². The third kappa shape index (κ3) is 21.4. The predicted molar refractivity (Wildman–Crippen MR) is 152 cm³/mol. The average molecular weight is 517 g/mol. The van der Waals surface area contributed by atoms with Gasteiger partial charge >= 0.3 is 7.60 Å². The van der Waals surface area contributed by atoms with E-state index in [2.05, 4.69) is 31.2 Å². The highest BCUT2D eigenvalue weighted by atomic mass is 31.2. The lowest BCUT2D eigenvalue weighted by Gasteiger charge is -2.35. The van der Waals surface area contributed by atoms with E-state index in [4.69, 9.17) is 0 Å². The summed E-state index contributed by atoms with van der Waals surface area (Å²) < 4.78 is 12.1. The quantitative estimate of drug-likeness (QED) is 0.0524. The average Bonchev–Trinajstić information content (AvgIpc) is 2.75. The highest BCUT2D eigenvalue weighted by Gasteiger charge is 2.48. The summed E-state index contributed by atoms with van der Waals surface area (Å²) in [7, 11) is 0.981. The molecule has 1 unspecified atom stereocenters. The normalized spacial score (nSPS) is 14.8. The Labute approximate surface area is 217 Å².